The number of rotatable bonds is 3. The van der Waals surface area contributed by atoms with E-state index in [0.717, 1.165) is 10.9 Å². The highest BCUT2D eigenvalue weighted by molar-refractivity contribution is 6.08. The number of nitrogens with zero attached hydrogens (tertiary/aromatic N) is 2. The molecule has 5 rings (SSSR count). The van der Waals surface area contributed by atoms with Crippen molar-refractivity contribution < 1.29 is 23.9 Å². The molecule has 1 aromatic carbocycles. The van der Waals surface area contributed by atoms with Gasteiger partial charge in [-0.05, 0) is 42.3 Å². The van der Waals surface area contributed by atoms with Crippen LogP contribution in [0, 0.1) is 0 Å². The second-order valence-electron chi connectivity index (χ2n) is 7.52. The molecule has 2 aliphatic rings. The van der Waals surface area contributed by atoms with E-state index in [1.165, 1.54) is 19.4 Å². The number of nitrogens with one attached hydrogen (secondary N) is 1. The molecule has 1 saturated heterocycles. The predicted molar refractivity (Wildman–Crippen MR) is 111 cm³/mol. The normalized spacial score (nSPS) is 17.2. The Morgan fingerprint density at radius 2 is 2.03 bits per heavy atom. The Bertz CT molecular complexity index is 1290. The van der Waals surface area contributed by atoms with Crippen LogP contribution >= 0.6 is 0 Å². The third-order valence-electron chi connectivity index (χ3n) is 5.84. The molecule has 0 spiro atoms. The fraction of sp³-hybridized carbons (Fsp3) is 0.217. The largest absolute Gasteiger partial charge is 0.497 e. The number of pyridine rings is 1. The maximum Gasteiger partial charge on any atom is 0.339 e. The number of hydrogen-bond donors (Lipinski definition) is 1. The predicted octanol–water partition coefficient (Wildman–Crippen LogP) is 3.07. The van der Waals surface area contributed by atoms with E-state index >= 15 is 0 Å². The number of allylic oxidation sites excluding steroid dienone is 2. The number of amides is 1. The average molecular weight is 417 g/mol. The molecule has 1 amide bonds. The van der Waals surface area contributed by atoms with Crippen LogP contribution in [0.25, 0.3) is 10.9 Å². The zero-order valence-electron chi connectivity index (χ0n) is 17.0. The van der Waals surface area contributed by atoms with Crippen LogP contribution in [-0.2, 0) is 4.74 Å². The van der Waals surface area contributed by atoms with Crippen molar-refractivity contribution in [2.45, 2.75) is 12.3 Å². The summed E-state index contributed by atoms with van der Waals surface area (Å²) >= 11 is 0. The second kappa shape index (κ2) is 7.09. The first kappa shape index (κ1) is 19.0. The quantitative estimate of drug-likeness (QED) is 0.657. The molecule has 0 bridgehead atoms. The summed E-state index contributed by atoms with van der Waals surface area (Å²) in [7, 11) is 2.89. The summed E-state index contributed by atoms with van der Waals surface area (Å²) in [6.07, 6.45) is 3.46. The topological polar surface area (TPSA) is 102 Å². The van der Waals surface area contributed by atoms with Gasteiger partial charge in [0, 0.05) is 41.3 Å². The van der Waals surface area contributed by atoms with Crippen LogP contribution in [-0.4, -0.2) is 53.3 Å². The lowest BCUT2D eigenvalue weighted by molar-refractivity contribution is 0.0599. The molecule has 156 valence electrons. The molecule has 1 unspecified atom stereocenters. The van der Waals surface area contributed by atoms with Crippen molar-refractivity contribution in [3.63, 3.8) is 0 Å². The number of carbonyl (C=O) groups is 3. The fourth-order valence-corrected chi connectivity index (χ4v) is 4.32. The van der Waals surface area contributed by atoms with Gasteiger partial charge in [0.2, 0.25) is 5.78 Å². The van der Waals surface area contributed by atoms with Gasteiger partial charge in [0.25, 0.3) is 5.91 Å². The lowest BCUT2D eigenvalue weighted by Gasteiger charge is -2.24. The number of methoxy groups -OCH3 is 2. The molecule has 0 radical (unpaired) electrons. The number of ketones is 1. The molecule has 1 aliphatic carbocycles. The smallest absolute Gasteiger partial charge is 0.339 e. The summed E-state index contributed by atoms with van der Waals surface area (Å²) in [6.45, 7) is 0.461. The molecular formula is C23H19N3O5. The van der Waals surface area contributed by atoms with Gasteiger partial charge < -0.3 is 19.4 Å². The van der Waals surface area contributed by atoms with Gasteiger partial charge >= 0.3 is 5.97 Å². The fourth-order valence-electron chi connectivity index (χ4n) is 4.32. The maximum absolute atomic E-state index is 13.3. The monoisotopic (exact) mass is 417 g/mol. The van der Waals surface area contributed by atoms with Crippen LogP contribution in [0.2, 0.25) is 0 Å². The Morgan fingerprint density at radius 3 is 2.81 bits per heavy atom. The van der Waals surface area contributed by atoms with Crippen molar-refractivity contribution >= 4 is 28.6 Å². The Morgan fingerprint density at radius 1 is 1.19 bits per heavy atom. The number of esters is 1. The number of aromatic nitrogens is 2. The molecule has 1 atom stereocenters. The number of H-pyrrole nitrogens is 1. The molecule has 1 fully saturated rings. The van der Waals surface area contributed by atoms with Crippen LogP contribution in [0.1, 0.15) is 49.2 Å². The number of benzene rings is 1. The van der Waals surface area contributed by atoms with Gasteiger partial charge in [-0.25, -0.2) is 4.79 Å². The number of hydrogen-bond acceptors (Lipinski definition) is 6. The van der Waals surface area contributed by atoms with E-state index in [-0.39, 0.29) is 23.2 Å². The molecule has 0 saturated carbocycles. The first-order valence-electron chi connectivity index (χ1n) is 9.83. The van der Waals surface area contributed by atoms with Crippen LogP contribution in [0.4, 0.5) is 0 Å². The molecular weight excluding hydrogens is 398 g/mol. The third kappa shape index (κ3) is 2.99. The lowest BCUT2D eigenvalue weighted by atomic mass is 9.87. The van der Waals surface area contributed by atoms with Gasteiger partial charge in [0.05, 0.1) is 19.8 Å². The van der Waals surface area contributed by atoms with Crippen molar-refractivity contribution in [1.29, 1.82) is 0 Å². The summed E-state index contributed by atoms with van der Waals surface area (Å²) in [6, 6.07) is 8.97. The first-order chi connectivity index (χ1) is 15.0. The highest BCUT2D eigenvalue weighted by atomic mass is 16.5. The number of aromatic amines is 1. The van der Waals surface area contributed by atoms with Gasteiger partial charge in [0.1, 0.15) is 17.1 Å². The second-order valence-corrected chi connectivity index (χ2v) is 7.52. The lowest BCUT2D eigenvalue weighted by Crippen LogP contribution is -2.29. The highest BCUT2D eigenvalue weighted by Gasteiger charge is 2.39. The van der Waals surface area contributed by atoms with Gasteiger partial charge in [-0.1, -0.05) is 0 Å². The molecule has 1 aliphatic heterocycles. The average Bonchev–Trinajstić information content (AvgIpc) is 3.41. The first-order valence-corrected chi connectivity index (χ1v) is 9.83. The zero-order chi connectivity index (χ0) is 21.7. The number of likely N-dealkylation sites (tertiary alicyclic amines) is 1. The Hall–Kier alpha value is -3.94. The SMILES string of the molecule is COC(=O)c1cnc2c(c1)C1CCN(C(=O)c3cc4cc(OC)ccc4[nH]3)C1=CC2=O. The molecule has 8 nitrogen and oxygen atoms in total. The van der Waals surface area contributed by atoms with E-state index in [4.69, 9.17) is 9.47 Å². The van der Waals surface area contributed by atoms with E-state index in [1.54, 1.807) is 24.1 Å². The molecule has 8 heteroatoms. The van der Waals surface area contributed by atoms with Gasteiger partial charge in [-0.2, -0.15) is 0 Å². The van der Waals surface area contributed by atoms with Crippen molar-refractivity contribution in [3.05, 3.63) is 70.8 Å². The molecule has 2 aromatic heterocycles. The molecule has 3 heterocycles. The zero-order valence-corrected chi connectivity index (χ0v) is 17.0. The molecule has 1 N–H and O–H groups in total. The van der Waals surface area contributed by atoms with E-state index in [9.17, 15) is 14.4 Å². The Labute approximate surface area is 177 Å². The van der Waals surface area contributed by atoms with Crippen LogP contribution in [0.15, 0.2) is 48.3 Å². The van der Waals surface area contributed by atoms with Crippen LogP contribution in [0.5, 0.6) is 5.75 Å². The molecule has 3 aromatic rings. The Kier molecular flexibility index (Phi) is 4.35. The summed E-state index contributed by atoms with van der Waals surface area (Å²) in [5.41, 5.74) is 3.14. The van der Waals surface area contributed by atoms with Gasteiger partial charge in [-0.3, -0.25) is 14.6 Å². The minimum atomic E-state index is -0.515. The summed E-state index contributed by atoms with van der Waals surface area (Å²) < 4.78 is 10.0. The number of ether oxygens (including phenoxy) is 2. The minimum Gasteiger partial charge on any atom is -0.497 e. The summed E-state index contributed by atoms with van der Waals surface area (Å²) in [5.74, 6) is -0.481. The summed E-state index contributed by atoms with van der Waals surface area (Å²) in [4.78, 5) is 46.8. The van der Waals surface area contributed by atoms with Crippen molar-refractivity contribution in [1.82, 2.24) is 14.9 Å². The van der Waals surface area contributed by atoms with Crippen molar-refractivity contribution in [2.24, 2.45) is 0 Å². The van der Waals surface area contributed by atoms with Gasteiger partial charge in [0.15, 0.2) is 0 Å². The maximum atomic E-state index is 13.3. The standard InChI is InChI=1S/C23H19N3O5/c1-30-14-3-4-17-12(7-14)9-18(25-17)22(28)26-6-5-15-16-8-13(23(29)31-2)11-24-21(16)20(27)10-19(15)26/h3-4,7-11,15,25H,5-6H2,1-2H3. The third-order valence-corrected chi connectivity index (χ3v) is 5.84. The number of carbonyl (C=O) groups excluding carboxylic acids is 3. The number of fused-ring (bicyclic) bond motifs is 4. The van der Waals surface area contributed by atoms with Gasteiger partial charge in [-0.15, -0.1) is 0 Å². The summed E-state index contributed by atoms with van der Waals surface area (Å²) in [5, 5.41) is 0.865. The van der Waals surface area contributed by atoms with E-state index in [1.807, 2.05) is 18.2 Å². The Balaban J connectivity index is 1.49. The van der Waals surface area contributed by atoms with E-state index in [2.05, 4.69) is 9.97 Å². The minimum absolute atomic E-state index is 0.182. The van der Waals surface area contributed by atoms with Crippen LogP contribution in [0.3, 0.4) is 0 Å². The van der Waals surface area contributed by atoms with E-state index < -0.39 is 5.97 Å². The van der Waals surface area contributed by atoms with Crippen molar-refractivity contribution in [2.75, 3.05) is 20.8 Å². The van der Waals surface area contributed by atoms with Crippen molar-refractivity contribution in [3.8, 4) is 5.75 Å². The van der Waals surface area contributed by atoms with E-state index in [0.29, 0.717) is 41.4 Å². The highest BCUT2D eigenvalue weighted by Crippen LogP contribution is 2.42. The molecule has 31 heavy (non-hydrogen) atoms. The van der Waals surface area contributed by atoms with Crippen LogP contribution < -0.4 is 4.74 Å².